The Morgan fingerprint density at radius 1 is 1.35 bits per heavy atom. The van der Waals surface area contributed by atoms with Gasteiger partial charge in [0.15, 0.2) is 5.13 Å². The number of fused-ring (bicyclic) bond motifs is 1. The van der Waals surface area contributed by atoms with Crippen LogP contribution in [0.5, 0.6) is 0 Å². The second-order valence-corrected chi connectivity index (χ2v) is 6.36. The van der Waals surface area contributed by atoms with E-state index in [1.54, 1.807) is 0 Å². The van der Waals surface area contributed by atoms with E-state index in [2.05, 4.69) is 15.6 Å². The summed E-state index contributed by atoms with van der Waals surface area (Å²) in [7, 11) is 0. The molecule has 20 heavy (non-hydrogen) atoms. The standard InChI is InChI=1S/C13H17N3O3S/c17-10(15-7-1-2-7)5-6-14-13-16-11-8(12(18)19)3-4-9(11)20-13/h7-8H,1-6H2,(H,14,16)(H,15,17)(H,18,19). The zero-order valence-corrected chi connectivity index (χ0v) is 11.8. The zero-order chi connectivity index (χ0) is 14.1. The van der Waals surface area contributed by atoms with Crippen molar-refractivity contribution in [2.45, 2.75) is 44.1 Å². The van der Waals surface area contributed by atoms with Gasteiger partial charge in [-0.2, -0.15) is 0 Å². The molecule has 1 aromatic rings. The van der Waals surface area contributed by atoms with E-state index in [1.807, 2.05) is 0 Å². The molecule has 0 saturated heterocycles. The fraction of sp³-hybridized carbons (Fsp3) is 0.615. The second kappa shape index (κ2) is 5.40. The maximum atomic E-state index is 11.5. The molecule has 1 atom stereocenters. The van der Waals surface area contributed by atoms with Crippen LogP contribution in [-0.4, -0.2) is 34.6 Å². The molecule has 1 fully saturated rings. The lowest BCUT2D eigenvalue weighted by molar-refractivity contribution is -0.138. The number of carboxylic acid groups (broad SMARTS) is 1. The van der Waals surface area contributed by atoms with E-state index in [1.165, 1.54) is 11.3 Å². The van der Waals surface area contributed by atoms with E-state index >= 15 is 0 Å². The number of nitrogens with one attached hydrogen (secondary N) is 2. The van der Waals surface area contributed by atoms with Crippen molar-refractivity contribution in [1.82, 2.24) is 10.3 Å². The number of thiazole rings is 1. The van der Waals surface area contributed by atoms with Crippen LogP contribution in [0.15, 0.2) is 0 Å². The van der Waals surface area contributed by atoms with E-state index in [9.17, 15) is 9.59 Å². The van der Waals surface area contributed by atoms with Crippen LogP contribution in [-0.2, 0) is 16.0 Å². The van der Waals surface area contributed by atoms with Gasteiger partial charge >= 0.3 is 5.97 Å². The lowest BCUT2D eigenvalue weighted by atomic mass is 10.1. The van der Waals surface area contributed by atoms with Crippen LogP contribution >= 0.6 is 11.3 Å². The third-order valence-electron chi connectivity index (χ3n) is 3.59. The molecule has 1 saturated carbocycles. The van der Waals surface area contributed by atoms with Gasteiger partial charge in [0, 0.05) is 23.9 Å². The van der Waals surface area contributed by atoms with E-state index in [0.29, 0.717) is 31.1 Å². The third kappa shape index (κ3) is 2.92. The van der Waals surface area contributed by atoms with Gasteiger partial charge < -0.3 is 15.7 Å². The maximum absolute atomic E-state index is 11.5. The van der Waals surface area contributed by atoms with Crippen molar-refractivity contribution in [2.75, 3.05) is 11.9 Å². The van der Waals surface area contributed by atoms with Gasteiger partial charge in [0.1, 0.15) is 5.92 Å². The Morgan fingerprint density at radius 3 is 2.85 bits per heavy atom. The van der Waals surface area contributed by atoms with Crippen molar-refractivity contribution >= 4 is 28.3 Å². The summed E-state index contributed by atoms with van der Waals surface area (Å²) in [5.74, 6) is -1.20. The minimum absolute atomic E-state index is 0.0625. The summed E-state index contributed by atoms with van der Waals surface area (Å²) < 4.78 is 0. The SMILES string of the molecule is O=C(CCNc1nc2c(s1)CCC2C(=O)O)NC1CC1. The number of hydrogen-bond acceptors (Lipinski definition) is 5. The lowest BCUT2D eigenvalue weighted by Gasteiger charge is -2.05. The summed E-state index contributed by atoms with van der Waals surface area (Å²) in [6.07, 6.45) is 4.04. The number of nitrogens with zero attached hydrogens (tertiary/aromatic N) is 1. The highest BCUT2D eigenvalue weighted by Crippen LogP contribution is 2.38. The molecule has 3 N–H and O–H groups in total. The van der Waals surface area contributed by atoms with Crippen LogP contribution in [0.25, 0.3) is 0 Å². The zero-order valence-electron chi connectivity index (χ0n) is 11.0. The van der Waals surface area contributed by atoms with Gasteiger partial charge in [0.05, 0.1) is 5.69 Å². The molecule has 0 aliphatic heterocycles. The monoisotopic (exact) mass is 295 g/mol. The highest BCUT2D eigenvalue weighted by molar-refractivity contribution is 7.15. The number of aliphatic carboxylic acids is 1. The predicted octanol–water partition coefficient (Wildman–Crippen LogP) is 1.34. The minimum Gasteiger partial charge on any atom is -0.481 e. The normalized spacial score (nSPS) is 20.5. The van der Waals surface area contributed by atoms with E-state index in [0.717, 1.165) is 29.3 Å². The molecule has 1 unspecified atom stereocenters. The van der Waals surface area contributed by atoms with Gasteiger partial charge in [-0.15, -0.1) is 11.3 Å². The predicted molar refractivity (Wildman–Crippen MR) is 75.1 cm³/mol. The average Bonchev–Trinajstić information content (AvgIpc) is 2.96. The molecule has 2 aliphatic rings. The van der Waals surface area contributed by atoms with Gasteiger partial charge in [-0.25, -0.2) is 4.98 Å². The Kier molecular flexibility index (Phi) is 3.60. The highest BCUT2D eigenvalue weighted by Gasteiger charge is 2.32. The number of aryl methyl sites for hydroxylation is 1. The number of carboxylic acids is 1. The van der Waals surface area contributed by atoms with Crippen LogP contribution < -0.4 is 10.6 Å². The van der Waals surface area contributed by atoms with Crippen LogP contribution in [0, 0.1) is 0 Å². The summed E-state index contributed by atoms with van der Waals surface area (Å²) in [5.41, 5.74) is 0.701. The summed E-state index contributed by atoms with van der Waals surface area (Å²) in [6.45, 7) is 0.530. The van der Waals surface area contributed by atoms with Crippen LogP contribution in [0.1, 0.15) is 42.2 Å². The Balaban J connectivity index is 1.50. The molecule has 0 spiro atoms. The summed E-state index contributed by atoms with van der Waals surface area (Å²) >= 11 is 1.50. The maximum Gasteiger partial charge on any atom is 0.312 e. The number of aromatic nitrogens is 1. The fourth-order valence-electron chi connectivity index (χ4n) is 2.35. The summed E-state index contributed by atoms with van der Waals surface area (Å²) in [4.78, 5) is 28.0. The number of amides is 1. The van der Waals surface area contributed by atoms with Gasteiger partial charge in [0.2, 0.25) is 5.91 Å². The first kappa shape index (κ1) is 13.4. The van der Waals surface area contributed by atoms with Crippen LogP contribution in [0.4, 0.5) is 5.13 Å². The number of rotatable bonds is 6. The van der Waals surface area contributed by atoms with Gasteiger partial charge in [-0.1, -0.05) is 0 Å². The van der Waals surface area contributed by atoms with Crippen molar-refractivity contribution in [1.29, 1.82) is 0 Å². The first-order valence-electron chi connectivity index (χ1n) is 6.89. The van der Waals surface area contributed by atoms with Gasteiger partial charge in [-0.05, 0) is 25.7 Å². The van der Waals surface area contributed by atoms with Crippen molar-refractivity contribution < 1.29 is 14.7 Å². The smallest absolute Gasteiger partial charge is 0.312 e. The molecule has 0 radical (unpaired) electrons. The van der Waals surface area contributed by atoms with E-state index in [4.69, 9.17) is 5.11 Å². The molecule has 108 valence electrons. The lowest BCUT2D eigenvalue weighted by Crippen LogP contribution is -2.27. The minimum atomic E-state index is -0.801. The van der Waals surface area contributed by atoms with E-state index in [-0.39, 0.29) is 5.91 Å². The molecule has 7 heteroatoms. The summed E-state index contributed by atoms with van der Waals surface area (Å²) in [6, 6.07) is 0.391. The second-order valence-electron chi connectivity index (χ2n) is 5.28. The molecular weight excluding hydrogens is 278 g/mol. The fourth-order valence-corrected chi connectivity index (χ4v) is 3.42. The first-order chi connectivity index (χ1) is 9.63. The van der Waals surface area contributed by atoms with Crippen molar-refractivity contribution in [3.8, 4) is 0 Å². The van der Waals surface area contributed by atoms with Crippen molar-refractivity contribution in [3.63, 3.8) is 0 Å². The molecule has 2 aliphatic carbocycles. The molecule has 1 heterocycles. The first-order valence-corrected chi connectivity index (χ1v) is 7.71. The van der Waals surface area contributed by atoms with Crippen LogP contribution in [0.3, 0.4) is 0 Å². The van der Waals surface area contributed by atoms with Crippen molar-refractivity contribution in [2.24, 2.45) is 0 Å². The molecular formula is C13H17N3O3S. The van der Waals surface area contributed by atoms with Gasteiger partial charge in [-0.3, -0.25) is 9.59 Å². The third-order valence-corrected chi connectivity index (χ3v) is 4.68. The molecule has 1 aromatic heterocycles. The highest BCUT2D eigenvalue weighted by atomic mass is 32.1. The molecule has 3 rings (SSSR count). The molecule has 0 aromatic carbocycles. The number of hydrogen-bond donors (Lipinski definition) is 3. The number of anilines is 1. The number of carbonyl (C=O) groups excluding carboxylic acids is 1. The molecule has 6 nitrogen and oxygen atoms in total. The Morgan fingerprint density at radius 2 is 2.15 bits per heavy atom. The molecule has 0 bridgehead atoms. The molecule has 1 amide bonds. The topological polar surface area (TPSA) is 91.3 Å². The van der Waals surface area contributed by atoms with Crippen LogP contribution in [0.2, 0.25) is 0 Å². The average molecular weight is 295 g/mol. The number of carbonyl (C=O) groups is 2. The summed E-state index contributed by atoms with van der Waals surface area (Å²) in [5, 5.41) is 15.9. The van der Waals surface area contributed by atoms with E-state index < -0.39 is 11.9 Å². The quantitative estimate of drug-likeness (QED) is 0.736. The van der Waals surface area contributed by atoms with Crippen molar-refractivity contribution in [3.05, 3.63) is 10.6 Å². The van der Waals surface area contributed by atoms with Gasteiger partial charge in [0.25, 0.3) is 0 Å². The Hall–Kier alpha value is -1.63. The Labute approximate surface area is 120 Å². The Bertz CT molecular complexity index is 539. The largest absolute Gasteiger partial charge is 0.481 e.